The zero-order valence-corrected chi connectivity index (χ0v) is 22.8. The van der Waals surface area contributed by atoms with Crippen LogP contribution in [0.2, 0.25) is 0 Å². The monoisotopic (exact) mass is 543 g/mol. The summed E-state index contributed by atoms with van der Waals surface area (Å²) >= 11 is 0. The maximum absolute atomic E-state index is 13.3. The summed E-state index contributed by atoms with van der Waals surface area (Å²) in [6.07, 6.45) is 3.58. The van der Waals surface area contributed by atoms with Crippen LogP contribution >= 0.6 is 0 Å². The summed E-state index contributed by atoms with van der Waals surface area (Å²) in [6, 6.07) is 7.52. The second-order valence-electron chi connectivity index (χ2n) is 9.01. The molecule has 3 heterocycles. The predicted octanol–water partition coefficient (Wildman–Crippen LogP) is 1.94. The molecule has 3 atom stereocenters. The Morgan fingerprint density at radius 2 is 1.90 bits per heavy atom. The van der Waals surface area contributed by atoms with Crippen LogP contribution in [0, 0.1) is 0 Å². The molecule has 39 heavy (non-hydrogen) atoms. The molecule has 0 radical (unpaired) electrons. The summed E-state index contributed by atoms with van der Waals surface area (Å²) in [4.78, 5) is 64.3. The highest BCUT2D eigenvalue weighted by molar-refractivity contribution is 6.00. The Balaban J connectivity index is 0.000000403. The van der Waals surface area contributed by atoms with Gasteiger partial charge in [0.15, 0.2) is 6.29 Å². The number of hydrogen-bond acceptors (Lipinski definition) is 8. The molecule has 2 saturated heterocycles. The molecule has 12 nitrogen and oxygen atoms in total. The number of likely N-dealkylation sites (N-methyl/N-ethyl adjacent to an activating group) is 1. The van der Waals surface area contributed by atoms with Gasteiger partial charge < -0.3 is 15.4 Å². The van der Waals surface area contributed by atoms with Crippen LogP contribution in [0.3, 0.4) is 0 Å². The number of carbonyl (C=O) groups excluding carboxylic acids is 4. The van der Waals surface area contributed by atoms with Crippen molar-refractivity contribution in [3.63, 3.8) is 0 Å². The van der Waals surface area contributed by atoms with Gasteiger partial charge in [-0.2, -0.15) is 0 Å². The number of rotatable bonds is 8. The van der Waals surface area contributed by atoms with Gasteiger partial charge in [0.2, 0.25) is 11.8 Å². The average Bonchev–Trinajstić information content (AvgIpc) is 3.08. The van der Waals surface area contributed by atoms with E-state index in [1.54, 1.807) is 12.3 Å². The molecule has 0 saturated carbocycles. The first-order chi connectivity index (χ1) is 18.8. The van der Waals surface area contributed by atoms with Crippen LogP contribution in [0.25, 0.3) is 10.8 Å². The maximum atomic E-state index is 13.3. The van der Waals surface area contributed by atoms with E-state index in [-0.39, 0.29) is 36.6 Å². The molecule has 2 aliphatic rings. The van der Waals surface area contributed by atoms with Crippen molar-refractivity contribution in [2.75, 3.05) is 27.3 Å². The molecule has 2 aliphatic heterocycles. The Kier molecular flexibility index (Phi) is 11.1. The highest BCUT2D eigenvalue weighted by atomic mass is 17.2. The zero-order chi connectivity index (χ0) is 28.4. The molecule has 4 amide bonds. The summed E-state index contributed by atoms with van der Waals surface area (Å²) in [7, 11) is 2.97. The van der Waals surface area contributed by atoms with Crippen LogP contribution in [0.5, 0.6) is 0 Å². The number of amides is 4. The van der Waals surface area contributed by atoms with Crippen molar-refractivity contribution in [3.8, 4) is 0 Å². The fourth-order valence-corrected chi connectivity index (χ4v) is 4.52. The lowest BCUT2D eigenvalue weighted by Gasteiger charge is -2.42. The van der Waals surface area contributed by atoms with Crippen LogP contribution in [0.15, 0.2) is 36.5 Å². The molecule has 0 spiro atoms. The minimum absolute atomic E-state index is 0.110. The lowest BCUT2D eigenvalue weighted by molar-refractivity contribution is -0.363. The van der Waals surface area contributed by atoms with E-state index >= 15 is 0 Å². The third-order valence-corrected chi connectivity index (χ3v) is 6.47. The van der Waals surface area contributed by atoms with E-state index in [1.807, 2.05) is 38.1 Å². The third kappa shape index (κ3) is 7.49. The first-order valence-electron chi connectivity index (χ1n) is 13.2. The number of aromatic nitrogens is 1. The molecular weight excluding hydrogens is 506 g/mol. The lowest BCUT2D eigenvalue weighted by atomic mass is 10.1. The largest absolute Gasteiger partial charge is 0.357 e. The molecule has 2 N–H and O–H groups in total. The molecule has 12 heteroatoms. The Morgan fingerprint density at radius 1 is 1.15 bits per heavy atom. The molecule has 4 rings (SSSR count). The topological polar surface area (TPSA) is 139 Å². The molecule has 1 aromatic heterocycles. The number of pyridine rings is 1. The smallest absolute Gasteiger partial charge is 0.270 e. The normalized spacial score (nSPS) is 19.9. The van der Waals surface area contributed by atoms with E-state index in [2.05, 4.69) is 20.5 Å². The Labute approximate surface area is 227 Å². The summed E-state index contributed by atoms with van der Waals surface area (Å²) in [5.41, 5.74) is 0.190. The van der Waals surface area contributed by atoms with Crippen molar-refractivity contribution in [2.45, 2.75) is 64.3 Å². The van der Waals surface area contributed by atoms with Gasteiger partial charge in [0.25, 0.3) is 11.8 Å². The maximum Gasteiger partial charge on any atom is 0.270 e. The summed E-state index contributed by atoms with van der Waals surface area (Å²) in [5.74, 6) is -1.50. The number of ether oxygens (including phenoxy) is 1. The van der Waals surface area contributed by atoms with E-state index in [0.29, 0.717) is 26.0 Å². The molecule has 2 aromatic rings. The van der Waals surface area contributed by atoms with Crippen LogP contribution in [0.1, 0.15) is 56.4 Å². The Bertz CT molecular complexity index is 1150. The highest BCUT2D eigenvalue weighted by Crippen LogP contribution is 2.25. The van der Waals surface area contributed by atoms with Gasteiger partial charge in [0.1, 0.15) is 17.8 Å². The Hall–Kier alpha value is -3.61. The zero-order valence-electron chi connectivity index (χ0n) is 22.8. The minimum atomic E-state index is -0.912. The number of benzene rings is 1. The number of fused-ring (bicyclic) bond motifs is 2. The van der Waals surface area contributed by atoms with Gasteiger partial charge in [-0.25, -0.2) is 14.8 Å². The SMILES string of the molecule is CCOC(CC)OOC.CNC(=O)C1CCCN2C(=O)CCC(NC(=O)c3cc4ccccc4cn3)C(=O)N12. The molecule has 3 unspecified atom stereocenters. The van der Waals surface area contributed by atoms with Crippen molar-refractivity contribution in [2.24, 2.45) is 0 Å². The van der Waals surface area contributed by atoms with Crippen LogP contribution in [0.4, 0.5) is 0 Å². The molecule has 1 aromatic carbocycles. The van der Waals surface area contributed by atoms with Gasteiger partial charge in [-0.3, -0.25) is 29.2 Å². The predicted molar refractivity (Wildman–Crippen MR) is 142 cm³/mol. The summed E-state index contributed by atoms with van der Waals surface area (Å²) in [6.45, 7) is 4.92. The first-order valence-corrected chi connectivity index (χ1v) is 13.2. The quantitative estimate of drug-likeness (QED) is 0.293. The lowest BCUT2D eigenvalue weighted by Crippen LogP contribution is -2.63. The fraction of sp³-hybridized carbons (Fsp3) is 0.519. The number of carbonyl (C=O) groups is 4. The molecule has 0 bridgehead atoms. The molecule has 0 aliphatic carbocycles. The van der Waals surface area contributed by atoms with Gasteiger partial charge >= 0.3 is 0 Å². The number of hydrazine groups is 1. The first kappa shape index (κ1) is 29.9. The van der Waals surface area contributed by atoms with Gasteiger partial charge in [0, 0.05) is 38.2 Å². The second kappa shape index (κ2) is 14.5. The van der Waals surface area contributed by atoms with Gasteiger partial charge in [-0.05, 0) is 44.1 Å². The highest BCUT2D eigenvalue weighted by Gasteiger charge is 2.44. The van der Waals surface area contributed by atoms with Gasteiger partial charge in [-0.1, -0.05) is 31.2 Å². The Morgan fingerprint density at radius 3 is 2.56 bits per heavy atom. The molecule has 2 fully saturated rings. The standard InChI is InChI=1S/C21H23N5O4.C6H14O3/c1-22-20(29)17-7-4-10-25-18(27)9-8-15(21(30)26(17)25)24-19(28)16-11-13-5-2-3-6-14(13)12-23-16;1-4-6(8-5-2)9-7-3/h2-3,5-6,11-12,15,17H,4,7-10H2,1H3,(H,22,29)(H,24,28);6H,4-5H2,1-3H3. The van der Waals surface area contributed by atoms with Crippen molar-refractivity contribution in [3.05, 3.63) is 42.2 Å². The van der Waals surface area contributed by atoms with Gasteiger partial charge in [-0.15, -0.1) is 0 Å². The van der Waals surface area contributed by atoms with E-state index < -0.39 is 23.9 Å². The third-order valence-electron chi connectivity index (χ3n) is 6.47. The van der Waals surface area contributed by atoms with Gasteiger partial charge in [0.05, 0.1) is 7.11 Å². The number of nitrogens with zero attached hydrogens (tertiary/aromatic N) is 3. The van der Waals surface area contributed by atoms with Crippen molar-refractivity contribution in [1.82, 2.24) is 25.6 Å². The molecular formula is C27H37N5O7. The molecule has 212 valence electrons. The fourth-order valence-electron chi connectivity index (χ4n) is 4.52. The number of hydrogen-bond donors (Lipinski definition) is 2. The summed E-state index contributed by atoms with van der Waals surface area (Å²) < 4.78 is 5.08. The van der Waals surface area contributed by atoms with Crippen molar-refractivity contribution < 1.29 is 33.7 Å². The number of nitrogens with one attached hydrogen (secondary N) is 2. The minimum Gasteiger partial charge on any atom is -0.357 e. The summed E-state index contributed by atoms with van der Waals surface area (Å²) in [5, 5.41) is 9.63. The second-order valence-corrected chi connectivity index (χ2v) is 9.01. The van der Waals surface area contributed by atoms with Crippen molar-refractivity contribution in [1.29, 1.82) is 0 Å². The van der Waals surface area contributed by atoms with E-state index in [1.165, 1.54) is 24.2 Å². The van der Waals surface area contributed by atoms with Crippen LogP contribution in [-0.2, 0) is 28.9 Å². The van der Waals surface area contributed by atoms with E-state index in [0.717, 1.165) is 17.2 Å². The van der Waals surface area contributed by atoms with E-state index in [9.17, 15) is 19.2 Å². The average molecular weight is 544 g/mol. The van der Waals surface area contributed by atoms with E-state index in [4.69, 9.17) is 9.62 Å². The van der Waals surface area contributed by atoms with Crippen molar-refractivity contribution >= 4 is 34.4 Å². The van der Waals surface area contributed by atoms with Crippen LogP contribution in [-0.4, -0.2) is 84.3 Å². The van der Waals surface area contributed by atoms with Crippen LogP contribution < -0.4 is 10.6 Å².